The van der Waals surface area contributed by atoms with Crippen LogP contribution < -0.4 is 0 Å². The molecule has 2 heterocycles. The fraction of sp³-hybridized carbons (Fsp3) is 0.0556. The fourth-order valence-corrected chi connectivity index (χ4v) is 2.68. The van der Waals surface area contributed by atoms with E-state index in [2.05, 4.69) is 32.0 Å². The standard InChI is InChI=1S/C18H14FN5/c19-16-7-5-14(6-8-16)10-23-11-15(9-22-24-12-20-21-13-24)17-3-1-2-4-18(17)23/h1-9,11-13H,10H2. The molecule has 0 unspecified atom stereocenters. The van der Waals surface area contributed by atoms with E-state index < -0.39 is 0 Å². The zero-order valence-corrected chi connectivity index (χ0v) is 12.7. The molecule has 24 heavy (non-hydrogen) atoms. The van der Waals surface area contributed by atoms with Crippen LogP contribution in [0.3, 0.4) is 0 Å². The second-order valence-electron chi connectivity index (χ2n) is 5.44. The van der Waals surface area contributed by atoms with E-state index >= 15 is 0 Å². The Balaban J connectivity index is 1.72. The summed E-state index contributed by atoms with van der Waals surface area (Å²) < 4.78 is 16.8. The maximum Gasteiger partial charge on any atom is 0.141 e. The Morgan fingerprint density at radius 1 is 1.00 bits per heavy atom. The largest absolute Gasteiger partial charge is 0.342 e. The average Bonchev–Trinajstić information content (AvgIpc) is 3.24. The van der Waals surface area contributed by atoms with Crippen LogP contribution in [0.1, 0.15) is 11.1 Å². The smallest absolute Gasteiger partial charge is 0.141 e. The lowest BCUT2D eigenvalue weighted by Crippen LogP contribution is -1.97. The molecule has 0 saturated heterocycles. The minimum atomic E-state index is -0.224. The summed E-state index contributed by atoms with van der Waals surface area (Å²) in [5.74, 6) is -0.224. The third-order valence-electron chi connectivity index (χ3n) is 3.82. The molecule has 0 aliphatic rings. The van der Waals surface area contributed by atoms with Crippen molar-refractivity contribution in [2.24, 2.45) is 5.10 Å². The molecular formula is C18H14FN5. The third-order valence-corrected chi connectivity index (χ3v) is 3.82. The van der Waals surface area contributed by atoms with Gasteiger partial charge < -0.3 is 4.57 Å². The quantitative estimate of drug-likeness (QED) is 0.542. The number of benzene rings is 2. The molecule has 0 aliphatic heterocycles. The summed E-state index contributed by atoms with van der Waals surface area (Å²) >= 11 is 0. The van der Waals surface area contributed by atoms with Gasteiger partial charge in [-0.2, -0.15) is 5.10 Å². The molecule has 6 heteroatoms. The topological polar surface area (TPSA) is 48.0 Å². The maximum absolute atomic E-state index is 13.1. The molecule has 5 nitrogen and oxygen atoms in total. The van der Waals surface area contributed by atoms with Gasteiger partial charge in [-0.3, -0.25) is 0 Å². The van der Waals surface area contributed by atoms with Crippen molar-refractivity contribution < 1.29 is 4.39 Å². The summed E-state index contributed by atoms with van der Waals surface area (Å²) in [5, 5.41) is 12.9. The minimum absolute atomic E-state index is 0.224. The van der Waals surface area contributed by atoms with Crippen LogP contribution in [0, 0.1) is 5.82 Å². The summed E-state index contributed by atoms with van der Waals surface area (Å²) in [7, 11) is 0. The summed E-state index contributed by atoms with van der Waals surface area (Å²) in [5.41, 5.74) is 3.15. The normalized spacial score (nSPS) is 11.5. The van der Waals surface area contributed by atoms with Crippen molar-refractivity contribution in [1.82, 2.24) is 19.4 Å². The van der Waals surface area contributed by atoms with Gasteiger partial charge in [-0.05, 0) is 23.8 Å². The first-order valence-electron chi connectivity index (χ1n) is 7.51. The number of nitrogens with zero attached hydrogens (tertiary/aromatic N) is 5. The molecule has 0 N–H and O–H groups in total. The zero-order chi connectivity index (χ0) is 16.4. The molecule has 2 aromatic heterocycles. The Bertz CT molecular complexity index is 984. The van der Waals surface area contributed by atoms with E-state index in [-0.39, 0.29) is 5.82 Å². The molecule has 118 valence electrons. The van der Waals surface area contributed by atoms with Crippen LogP contribution in [0.25, 0.3) is 10.9 Å². The zero-order valence-electron chi connectivity index (χ0n) is 12.7. The van der Waals surface area contributed by atoms with Crippen molar-refractivity contribution in [1.29, 1.82) is 0 Å². The Morgan fingerprint density at radius 3 is 2.54 bits per heavy atom. The van der Waals surface area contributed by atoms with Crippen LogP contribution in [0.2, 0.25) is 0 Å². The van der Waals surface area contributed by atoms with E-state index in [1.807, 2.05) is 18.3 Å². The predicted octanol–water partition coefficient (Wildman–Crippen LogP) is 3.30. The highest BCUT2D eigenvalue weighted by Gasteiger charge is 2.07. The lowest BCUT2D eigenvalue weighted by Gasteiger charge is -2.05. The number of hydrogen-bond donors (Lipinski definition) is 0. The number of halogens is 1. The molecule has 0 radical (unpaired) electrons. The van der Waals surface area contributed by atoms with Gasteiger partial charge in [-0.1, -0.05) is 30.3 Å². The number of para-hydroxylation sites is 1. The third kappa shape index (κ3) is 2.81. The number of aromatic nitrogens is 4. The second-order valence-corrected chi connectivity index (χ2v) is 5.44. The van der Waals surface area contributed by atoms with Crippen molar-refractivity contribution >= 4 is 17.1 Å². The molecule has 0 bridgehead atoms. The van der Waals surface area contributed by atoms with Gasteiger partial charge in [0.2, 0.25) is 0 Å². The van der Waals surface area contributed by atoms with Gasteiger partial charge in [-0.25, -0.2) is 9.07 Å². The van der Waals surface area contributed by atoms with Gasteiger partial charge >= 0.3 is 0 Å². The summed E-state index contributed by atoms with van der Waals surface area (Å²) in [6, 6.07) is 14.7. The molecule has 0 aliphatic carbocycles. The molecular weight excluding hydrogens is 305 g/mol. The van der Waals surface area contributed by atoms with Gasteiger partial charge in [0.25, 0.3) is 0 Å². The van der Waals surface area contributed by atoms with Crippen LogP contribution in [0.4, 0.5) is 4.39 Å². The predicted molar refractivity (Wildman–Crippen MR) is 90.5 cm³/mol. The Morgan fingerprint density at radius 2 is 1.75 bits per heavy atom. The van der Waals surface area contributed by atoms with Gasteiger partial charge in [-0.15, -0.1) is 10.2 Å². The van der Waals surface area contributed by atoms with E-state index in [1.165, 1.54) is 24.8 Å². The Labute approximate surface area is 137 Å². The van der Waals surface area contributed by atoms with E-state index in [4.69, 9.17) is 0 Å². The summed E-state index contributed by atoms with van der Waals surface area (Å²) in [6.45, 7) is 0.668. The van der Waals surface area contributed by atoms with Crippen molar-refractivity contribution in [3.05, 3.63) is 84.3 Å². The highest BCUT2D eigenvalue weighted by molar-refractivity contribution is 5.99. The molecule has 4 aromatic rings. The number of hydrogen-bond acceptors (Lipinski definition) is 3. The van der Waals surface area contributed by atoms with Crippen LogP contribution in [0.15, 0.2) is 72.5 Å². The average molecular weight is 319 g/mol. The van der Waals surface area contributed by atoms with Gasteiger partial charge in [0, 0.05) is 29.2 Å². The van der Waals surface area contributed by atoms with Gasteiger partial charge in [0.05, 0.1) is 6.21 Å². The van der Waals surface area contributed by atoms with E-state index in [0.29, 0.717) is 6.54 Å². The minimum Gasteiger partial charge on any atom is -0.342 e. The van der Waals surface area contributed by atoms with Crippen molar-refractivity contribution in [3.63, 3.8) is 0 Å². The highest BCUT2D eigenvalue weighted by Crippen LogP contribution is 2.21. The first kappa shape index (κ1) is 14.3. The molecule has 4 rings (SSSR count). The molecule has 0 fully saturated rings. The van der Waals surface area contributed by atoms with Crippen molar-refractivity contribution in [3.8, 4) is 0 Å². The second kappa shape index (κ2) is 6.08. The van der Waals surface area contributed by atoms with Crippen LogP contribution in [-0.2, 0) is 6.54 Å². The lowest BCUT2D eigenvalue weighted by atomic mass is 10.2. The molecule has 0 amide bonds. The van der Waals surface area contributed by atoms with Crippen LogP contribution >= 0.6 is 0 Å². The Kier molecular flexibility index (Phi) is 3.63. The van der Waals surface area contributed by atoms with E-state index in [0.717, 1.165) is 22.0 Å². The molecule has 0 atom stereocenters. The molecule has 0 saturated carbocycles. The van der Waals surface area contributed by atoms with E-state index in [1.54, 1.807) is 23.0 Å². The monoisotopic (exact) mass is 319 g/mol. The first-order valence-corrected chi connectivity index (χ1v) is 7.51. The summed E-state index contributed by atoms with van der Waals surface area (Å²) in [6.07, 6.45) is 6.90. The molecule has 2 aromatic carbocycles. The number of fused-ring (bicyclic) bond motifs is 1. The van der Waals surface area contributed by atoms with Gasteiger partial charge in [0.1, 0.15) is 18.5 Å². The Hall–Kier alpha value is -3.28. The first-order chi connectivity index (χ1) is 11.8. The SMILES string of the molecule is Fc1ccc(Cn2cc(C=Nn3cnnc3)c3ccccc32)cc1. The highest BCUT2D eigenvalue weighted by atomic mass is 19.1. The van der Waals surface area contributed by atoms with Crippen molar-refractivity contribution in [2.75, 3.05) is 0 Å². The van der Waals surface area contributed by atoms with E-state index in [9.17, 15) is 4.39 Å². The van der Waals surface area contributed by atoms with Crippen molar-refractivity contribution in [2.45, 2.75) is 6.54 Å². The fourth-order valence-electron chi connectivity index (χ4n) is 2.68. The van der Waals surface area contributed by atoms with Gasteiger partial charge in [0.15, 0.2) is 0 Å². The lowest BCUT2D eigenvalue weighted by molar-refractivity contribution is 0.626. The van der Waals surface area contributed by atoms with Crippen LogP contribution in [-0.4, -0.2) is 25.7 Å². The van der Waals surface area contributed by atoms with Crippen LogP contribution in [0.5, 0.6) is 0 Å². The number of rotatable bonds is 4. The maximum atomic E-state index is 13.1. The molecule has 0 spiro atoms. The summed E-state index contributed by atoms with van der Waals surface area (Å²) in [4.78, 5) is 0.